The molecule has 0 radical (unpaired) electrons. The Morgan fingerprint density at radius 2 is 1.33 bits per heavy atom. The molecule has 0 aromatic heterocycles. The third kappa shape index (κ3) is 2.07. The molecule has 1 aliphatic carbocycles. The quantitative estimate of drug-likeness (QED) is 0.375. The van der Waals surface area contributed by atoms with Crippen LogP contribution in [0.4, 0.5) is 0 Å². The summed E-state index contributed by atoms with van der Waals surface area (Å²) in [5, 5.41) is 2.78. The van der Waals surface area contributed by atoms with Gasteiger partial charge in [-0.15, -0.1) is 0 Å². The molecular weight excluding hydrogens is 288 g/mol. The molecule has 0 heterocycles. The molecule has 0 N–H and O–H groups in total. The number of hydrogen-bond acceptors (Lipinski definition) is 0. The first-order chi connectivity index (χ1) is 11.9. The van der Waals surface area contributed by atoms with Crippen LogP contribution in [0.25, 0.3) is 21.9 Å². The van der Waals surface area contributed by atoms with E-state index in [1.165, 1.54) is 44.2 Å². The van der Waals surface area contributed by atoms with E-state index in [1.54, 1.807) is 0 Å². The molecule has 24 heavy (non-hydrogen) atoms. The molecule has 114 valence electrons. The first kappa shape index (κ1) is 13.6. The minimum atomic E-state index is 0.991. The van der Waals surface area contributed by atoms with Crippen molar-refractivity contribution in [2.24, 2.45) is 0 Å². The van der Waals surface area contributed by atoms with Crippen LogP contribution in [0.2, 0.25) is 0 Å². The van der Waals surface area contributed by atoms with Gasteiger partial charge in [-0.3, -0.25) is 0 Å². The topological polar surface area (TPSA) is 0 Å². The minimum absolute atomic E-state index is 0.991. The summed E-state index contributed by atoms with van der Waals surface area (Å²) in [5.74, 6) is 0. The molecule has 0 amide bonds. The Kier molecular flexibility index (Phi) is 3.02. The Morgan fingerprint density at radius 3 is 2.21 bits per heavy atom. The fourth-order valence-electron chi connectivity index (χ4n) is 4.06. The lowest BCUT2D eigenvalue weighted by atomic mass is 9.91. The predicted octanol–water partition coefficient (Wildman–Crippen LogP) is 6.00. The number of rotatable bonds is 2. The van der Waals surface area contributed by atoms with E-state index in [-0.39, 0.29) is 0 Å². The van der Waals surface area contributed by atoms with Gasteiger partial charge < -0.3 is 0 Å². The van der Waals surface area contributed by atoms with E-state index >= 15 is 0 Å². The molecule has 0 spiro atoms. The highest BCUT2D eigenvalue weighted by atomic mass is 14.2. The number of benzene rings is 4. The van der Waals surface area contributed by atoms with Crippen LogP contribution in [0, 0.1) is 0 Å². The second-order valence-electron chi connectivity index (χ2n) is 6.61. The van der Waals surface area contributed by atoms with Crippen LogP contribution in [0.1, 0.15) is 22.3 Å². The Labute approximate surface area is 142 Å². The van der Waals surface area contributed by atoms with Crippen LogP contribution in [-0.4, -0.2) is 0 Å². The van der Waals surface area contributed by atoms with Crippen LogP contribution >= 0.6 is 0 Å². The third-order valence-electron chi connectivity index (χ3n) is 5.12. The second kappa shape index (κ2) is 5.35. The molecule has 0 unspecified atom stereocenters. The van der Waals surface area contributed by atoms with E-state index in [0.717, 1.165) is 12.8 Å². The molecule has 4 aromatic carbocycles. The fourth-order valence-corrected chi connectivity index (χ4v) is 4.06. The van der Waals surface area contributed by atoms with Crippen LogP contribution < -0.4 is 0 Å². The predicted molar refractivity (Wildman–Crippen MR) is 101 cm³/mol. The summed E-state index contributed by atoms with van der Waals surface area (Å²) in [6.07, 6.45) is 2.04. The van der Waals surface area contributed by atoms with Crippen LogP contribution in [0.5, 0.6) is 0 Å². The molecule has 5 rings (SSSR count). The SMILES string of the molecule is c1ccc(Cc2cc3c(c4ccccc24)-c2ccccc2C3)cc1. The van der Waals surface area contributed by atoms with Gasteiger partial charge in [0.15, 0.2) is 0 Å². The first-order valence-corrected chi connectivity index (χ1v) is 8.56. The molecule has 0 heteroatoms. The summed E-state index contributed by atoms with van der Waals surface area (Å²) in [6.45, 7) is 0. The average molecular weight is 306 g/mol. The smallest absolute Gasteiger partial charge is 0.00131 e. The van der Waals surface area contributed by atoms with Gasteiger partial charge >= 0.3 is 0 Å². The normalized spacial score (nSPS) is 12.2. The van der Waals surface area contributed by atoms with Crippen molar-refractivity contribution in [1.29, 1.82) is 0 Å². The zero-order valence-corrected chi connectivity index (χ0v) is 13.5. The summed E-state index contributed by atoms with van der Waals surface area (Å²) in [5.41, 5.74) is 8.59. The molecule has 0 bridgehead atoms. The third-order valence-corrected chi connectivity index (χ3v) is 5.12. The van der Waals surface area contributed by atoms with Gasteiger partial charge in [-0.05, 0) is 57.0 Å². The fraction of sp³-hybridized carbons (Fsp3) is 0.0833. The van der Waals surface area contributed by atoms with Gasteiger partial charge in [-0.25, -0.2) is 0 Å². The zero-order chi connectivity index (χ0) is 15.9. The molecular formula is C24H18. The van der Waals surface area contributed by atoms with Crippen molar-refractivity contribution in [3.63, 3.8) is 0 Å². The minimum Gasteiger partial charge on any atom is -0.0622 e. The van der Waals surface area contributed by atoms with E-state index < -0.39 is 0 Å². The lowest BCUT2D eigenvalue weighted by Gasteiger charge is -2.13. The summed E-state index contributed by atoms with van der Waals surface area (Å²) >= 11 is 0. The van der Waals surface area contributed by atoms with Gasteiger partial charge in [0.25, 0.3) is 0 Å². The van der Waals surface area contributed by atoms with Crippen molar-refractivity contribution >= 4 is 10.8 Å². The first-order valence-electron chi connectivity index (χ1n) is 8.56. The van der Waals surface area contributed by atoms with Gasteiger partial charge in [0, 0.05) is 0 Å². The summed E-state index contributed by atoms with van der Waals surface area (Å²) in [7, 11) is 0. The highest BCUT2D eigenvalue weighted by Crippen LogP contribution is 2.42. The van der Waals surface area contributed by atoms with Crippen molar-refractivity contribution in [2.75, 3.05) is 0 Å². The summed E-state index contributed by atoms with van der Waals surface area (Å²) < 4.78 is 0. The maximum Gasteiger partial charge on any atom is -0.00131 e. The maximum absolute atomic E-state index is 2.44. The largest absolute Gasteiger partial charge is 0.0622 e. The molecule has 0 fully saturated rings. The van der Waals surface area contributed by atoms with Gasteiger partial charge in [0.1, 0.15) is 0 Å². The van der Waals surface area contributed by atoms with Crippen molar-refractivity contribution in [1.82, 2.24) is 0 Å². The highest BCUT2D eigenvalue weighted by molar-refractivity contribution is 6.02. The van der Waals surface area contributed by atoms with Crippen molar-refractivity contribution in [2.45, 2.75) is 12.8 Å². The maximum atomic E-state index is 2.44. The van der Waals surface area contributed by atoms with Crippen LogP contribution in [-0.2, 0) is 12.8 Å². The number of hydrogen-bond donors (Lipinski definition) is 0. The van der Waals surface area contributed by atoms with Gasteiger partial charge in [-0.2, -0.15) is 0 Å². The Balaban J connectivity index is 1.75. The summed E-state index contributed by atoms with van der Waals surface area (Å²) in [6, 6.07) is 30.9. The molecule has 0 aliphatic heterocycles. The zero-order valence-electron chi connectivity index (χ0n) is 13.5. The lowest BCUT2D eigenvalue weighted by Crippen LogP contribution is -1.93. The van der Waals surface area contributed by atoms with E-state index in [9.17, 15) is 0 Å². The Hall–Kier alpha value is -2.86. The number of fused-ring (bicyclic) bond motifs is 5. The van der Waals surface area contributed by atoms with Gasteiger partial charge in [0.2, 0.25) is 0 Å². The van der Waals surface area contributed by atoms with Gasteiger partial charge in [-0.1, -0.05) is 84.9 Å². The second-order valence-corrected chi connectivity index (χ2v) is 6.61. The average Bonchev–Trinajstić information content (AvgIpc) is 3.01. The van der Waals surface area contributed by atoms with Crippen molar-refractivity contribution < 1.29 is 0 Å². The van der Waals surface area contributed by atoms with Crippen LogP contribution in [0.15, 0.2) is 84.9 Å². The van der Waals surface area contributed by atoms with E-state index in [4.69, 9.17) is 0 Å². The molecule has 1 aliphatic rings. The Morgan fingerprint density at radius 1 is 0.625 bits per heavy atom. The molecule has 0 nitrogen and oxygen atoms in total. The molecule has 4 aromatic rings. The molecule has 0 atom stereocenters. The monoisotopic (exact) mass is 306 g/mol. The van der Waals surface area contributed by atoms with Gasteiger partial charge in [0.05, 0.1) is 0 Å². The molecule has 0 saturated carbocycles. The van der Waals surface area contributed by atoms with Crippen molar-refractivity contribution in [3.05, 3.63) is 107 Å². The van der Waals surface area contributed by atoms with Crippen LogP contribution in [0.3, 0.4) is 0 Å². The van der Waals surface area contributed by atoms with Crippen molar-refractivity contribution in [3.8, 4) is 11.1 Å². The standard InChI is InChI=1S/C24H18/c1-2-8-17(9-3-1)14-19-16-20-15-18-10-4-5-12-22(18)24(20)23-13-7-6-11-21(19)23/h1-13,16H,14-15H2. The Bertz CT molecular complexity index is 1040. The summed E-state index contributed by atoms with van der Waals surface area (Å²) in [4.78, 5) is 0. The van der Waals surface area contributed by atoms with E-state index in [1.807, 2.05) is 0 Å². The van der Waals surface area contributed by atoms with E-state index in [2.05, 4.69) is 84.9 Å². The van der Waals surface area contributed by atoms with E-state index in [0.29, 0.717) is 0 Å². The highest BCUT2D eigenvalue weighted by Gasteiger charge is 2.21. The lowest BCUT2D eigenvalue weighted by molar-refractivity contribution is 1.19. The molecule has 0 saturated heterocycles.